The lowest BCUT2D eigenvalue weighted by Gasteiger charge is -2.31. The first-order valence-electron chi connectivity index (χ1n) is 9.78. The van der Waals surface area contributed by atoms with E-state index in [0.717, 1.165) is 25.9 Å². The molecule has 1 atom stereocenters. The molecule has 0 spiro atoms. The summed E-state index contributed by atoms with van der Waals surface area (Å²) in [6.45, 7) is 4.41. The highest BCUT2D eigenvalue weighted by atomic mass is 16.3. The van der Waals surface area contributed by atoms with Crippen molar-refractivity contribution in [2.75, 3.05) is 45.8 Å². The maximum absolute atomic E-state index is 12.5. The summed E-state index contributed by atoms with van der Waals surface area (Å²) < 4.78 is 0. The molecule has 0 unspecified atom stereocenters. The van der Waals surface area contributed by atoms with Crippen molar-refractivity contribution >= 4 is 17.8 Å². The number of β-amino-alcohol motifs (C(OH)–C–C–N with tert-alkyl or cyclic N) is 1. The summed E-state index contributed by atoms with van der Waals surface area (Å²) >= 11 is 0. The van der Waals surface area contributed by atoms with Gasteiger partial charge in [-0.05, 0) is 51.6 Å². The summed E-state index contributed by atoms with van der Waals surface area (Å²) in [6, 6.07) is -0.371. The third-order valence-corrected chi connectivity index (χ3v) is 5.70. The Morgan fingerprint density at radius 1 is 1.08 bits per heavy atom. The average molecular weight is 366 g/mol. The van der Waals surface area contributed by atoms with Gasteiger partial charge >= 0.3 is 6.03 Å². The second-order valence-corrected chi connectivity index (χ2v) is 7.75. The number of carbonyl (C=O) groups excluding carboxylic acids is 3. The lowest BCUT2D eigenvalue weighted by atomic mass is 9.94. The fourth-order valence-electron chi connectivity index (χ4n) is 4.17. The smallest absolute Gasteiger partial charge is 0.324 e. The molecule has 26 heavy (non-hydrogen) atoms. The Hall–Kier alpha value is -1.67. The van der Waals surface area contributed by atoms with Gasteiger partial charge in [0.1, 0.15) is 0 Å². The maximum Gasteiger partial charge on any atom is 0.324 e. The van der Waals surface area contributed by atoms with Crippen molar-refractivity contribution in [3.05, 3.63) is 0 Å². The van der Waals surface area contributed by atoms with Crippen LogP contribution in [-0.2, 0) is 9.59 Å². The number of imide groups is 1. The second kappa shape index (κ2) is 8.35. The van der Waals surface area contributed by atoms with Crippen LogP contribution in [0.3, 0.4) is 0 Å². The molecule has 0 aromatic carbocycles. The Morgan fingerprint density at radius 2 is 1.85 bits per heavy atom. The van der Waals surface area contributed by atoms with Crippen molar-refractivity contribution in [1.29, 1.82) is 0 Å². The Kier molecular flexibility index (Phi) is 6.13. The highest BCUT2D eigenvalue weighted by molar-refractivity contribution is 6.01. The Bertz CT molecular complexity index is 533. The zero-order valence-electron chi connectivity index (χ0n) is 15.4. The van der Waals surface area contributed by atoms with E-state index in [1.165, 1.54) is 17.7 Å². The molecule has 0 aromatic heterocycles. The summed E-state index contributed by atoms with van der Waals surface area (Å²) in [5.74, 6) is -0.188. The van der Waals surface area contributed by atoms with Crippen molar-refractivity contribution in [3.63, 3.8) is 0 Å². The van der Waals surface area contributed by atoms with Gasteiger partial charge in [-0.15, -0.1) is 0 Å². The lowest BCUT2D eigenvalue weighted by molar-refractivity contribution is -0.132. The number of nitrogens with one attached hydrogen (secondary N) is 1. The van der Waals surface area contributed by atoms with Crippen LogP contribution in [-0.4, -0.2) is 89.1 Å². The quantitative estimate of drug-likeness (QED) is 0.653. The number of aliphatic hydroxyl groups is 1. The average Bonchev–Trinajstić information content (AvgIpc) is 3.16. The van der Waals surface area contributed by atoms with Crippen molar-refractivity contribution in [1.82, 2.24) is 20.0 Å². The number of rotatable bonds is 6. The zero-order chi connectivity index (χ0) is 18.6. The van der Waals surface area contributed by atoms with E-state index < -0.39 is 5.60 Å². The highest BCUT2D eigenvalue weighted by Gasteiger charge is 2.34. The number of hydrogen-bond donors (Lipinski definition) is 2. The van der Waals surface area contributed by atoms with Gasteiger partial charge in [0.15, 0.2) is 0 Å². The van der Waals surface area contributed by atoms with Gasteiger partial charge < -0.3 is 20.2 Å². The molecule has 3 fully saturated rings. The van der Waals surface area contributed by atoms with E-state index in [1.807, 2.05) is 4.90 Å². The second-order valence-electron chi connectivity index (χ2n) is 7.75. The fourth-order valence-corrected chi connectivity index (χ4v) is 4.17. The number of hydrogen-bond acceptors (Lipinski definition) is 5. The van der Waals surface area contributed by atoms with Crippen LogP contribution in [0.1, 0.15) is 44.9 Å². The Labute approximate surface area is 154 Å². The van der Waals surface area contributed by atoms with Gasteiger partial charge in [-0.1, -0.05) is 0 Å². The van der Waals surface area contributed by atoms with E-state index in [4.69, 9.17) is 0 Å². The van der Waals surface area contributed by atoms with Crippen molar-refractivity contribution < 1.29 is 19.5 Å². The van der Waals surface area contributed by atoms with Crippen molar-refractivity contribution in [2.45, 2.75) is 50.5 Å². The first kappa shape index (κ1) is 19.1. The molecule has 0 aromatic rings. The number of carbonyl (C=O) groups is 3. The van der Waals surface area contributed by atoms with Gasteiger partial charge in [0.2, 0.25) is 11.8 Å². The SMILES string of the molecule is O=C(CCCN1C(=O)CNC1=O)N1CCC[C@](O)(CN2CCCC2)CC1. The van der Waals surface area contributed by atoms with Gasteiger partial charge in [-0.25, -0.2) is 4.79 Å². The predicted octanol–water partition coefficient (Wildman–Crippen LogP) is 0.158. The van der Waals surface area contributed by atoms with Crippen molar-refractivity contribution in [2.24, 2.45) is 0 Å². The van der Waals surface area contributed by atoms with Crippen LogP contribution in [0.5, 0.6) is 0 Å². The summed E-state index contributed by atoms with van der Waals surface area (Å²) in [5, 5.41) is 13.4. The molecular weight excluding hydrogens is 336 g/mol. The molecular formula is C18H30N4O4. The molecule has 146 valence electrons. The monoisotopic (exact) mass is 366 g/mol. The summed E-state index contributed by atoms with van der Waals surface area (Å²) in [7, 11) is 0. The van der Waals surface area contributed by atoms with Crippen LogP contribution in [0.25, 0.3) is 0 Å². The standard InChI is InChI=1S/C18H30N4O4/c23-15(5-3-11-22-16(24)13-19-17(22)25)21-10-4-6-18(26,7-12-21)14-20-8-1-2-9-20/h26H,1-14H2,(H,19,25)/t18-/m1/s1. The third-order valence-electron chi connectivity index (χ3n) is 5.70. The molecule has 8 heteroatoms. The Balaban J connectivity index is 1.42. The van der Waals surface area contributed by atoms with Crippen LogP contribution in [0.2, 0.25) is 0 Å². The minimum Gasteiger partial charge on any atom is -0.388 e. The topological polar surface area (TPSA) is 93.2 Å². The van der Waals surface area contributed by atoms with E-state index in [1.54, 1.807) is 0 Å². The molecule has 0 bridgehead atoms. The fraction of sp³-hybridized carbons (Fsp3) is 0.833. The van der Waals surface area contributed by atoms with E-state index in [0.29, 0.717) is 38.9 Å². The maximum atomic E-state index is 12.5. The van der Waals surface area contributed by atoms with Crippen LogP contribution in [0.4, 0.5) is 4.79 Å². The minimum absolute atomic E-state index is 0.0440. The molecule has 8 nitrogen and oxygen atoms in total. The van der Waals surface area contributed by atoms with Crippen LogP contribution >= 0.6 is 0 Å². The molecule has 4 amide bonds. The molecule has 3 heterocycles. The molecule has 0 radical (unpaired) electrons. The third kappa shape index (κ3) is 4.73. The first-order valence-corrected chi connectivity index (χ1v) is 9.78. The van der Waals surface area contributed by atoms with Gasteiger partial charge in [-0.3, -0.25) is 14.5 Å². The van der Waals surface area contributed by atoms with Gasteiger partial charge in [0, 0.05) is 32.6 Å². The van der Waals surface area contributed by atoms with Crippen LogP contribution in [0.15, 0.2) is 0 Å². The summed E-state index contributed by atoms with van der Waals surface area (Å²) in [4.78, 5) is 40.8. The number of likely N-dealkylation sites (tertiary alicyclic amines) is 2. The highest BCUT2D eigenvalue weighted by Crippen LogP contribution is 2.25. The number of amides is 4. The largest absolute Gasteiger partial charge is 0.388 e. The van der Waals surface area contributed by atoms with E-state index >= 15 is 0 Å². The molecule has 2 N–H and O–H groups in total. The van der Waals surface area contributed by atoms with E-state index in [9.17, 15) is 19.5 Å². The molecule has 3 aliphatic rings. The normalized spacial score (nSPS) is 27.7. The number of nitrogens with zero attached hydrogens (tertiary/aromatic N) is 3. The molecule has 3 saturated heterocycles. The van der Waals surface area contributed by atoms with Gasteiger partial charge in [0.25, 0.3) is 0 Å². The summed E-state index contributed by atoms with van der Waals surface area (Å²) in [5.41, 5.74) is -0.695. The molecule has 0 aliphatic carbocycles. The zero-order valence-corrected chi connectivity index (χ0v) is 15.4. The van der Waals surface area contributed by atoms with Crippen LogP contribution in [0, 0.1) is 0 Å². The minimum atomic E-state index is -0.695. The molecule has 0 saturated carbocycles. The first-order chi connectivity index (χ1) is 12.5. The number of urea groups is 1. The van der Waals surface area contributed by atoms with E-state index in [-0.39, 0.29) is 30.9 Å². The van der Waals surface area contributed by atoms with Crippen LogP contribution < -0.4 is 5.32 Å². The summed E-state index contributed by atoms with van der Waals surface area (Å²) in [6.07, 6.45) is 5.37. The Morgan fingerprint density at radius 3 is 2.54 bits per heavy atom. The van der Waals surface area contributed by atoms with Gasteiger partial charge in [0.05, 0.1) is 12.1 Å². The molecule has 3 rings (SSSR count). The van der Waals surface area contributed by atoms with Gasteiger partial charge in [-0.2, -0.15) is 0 Å². The predicted molar refractivity (Wildman–Crippen MR) is 95.4 cm³/mol. The molecule has 3 aliphatic heterocycles. The lowest BCUT2D eigenvalue weighted by Crippen LogP contribution is -2.43. The van der Waals surface area contributed by atoms with E-state index in [2.05, 4.69) is 10.2 Å². The van der Waals surface area contributed by atoms with Crippen molar-refractivity contribution in [3.8, 4) is 0 Å².